The number of anilines is 2. The Hall–Kier alpha value is -2.36. The predicted octanol–water partition coefficient (Wildman–Crippen LogP) is 2.85. The van der Waals surface area contributed by atoms with E-state index in [4.69, 9.17) is 5.73 Å². The lowest BCUT2D eigenvalue weighted by Crippen LogP contribution is -2.08. The van der Waals surface area contributed by atoms with Crippen molar-refractivity contribution >= 4 is 33.4 Å². The van der Waals surface area contributed by atoms with E-state index >= 15 is 0 Å². The Morgan fingerprint density at radius 1 is 0.947 bits per heavy atom. The van der Waals surface area contributed by atoms with Gasteiger partial charge in [0.05, 0.1) is 22.1 Å². The van der Waals surface area contributed by atoms with Crippen molar-refractivity contribution in [3.8, 4) is 0 Å². The van der Waals surface area contributed by atoms with Gasteiger partial charge >= 0.3 is 1.43 Å². The molecule has 0 saturated carbocycles. The van der Waals surface area contributed by atoms with Crippen molar-refractivity contribution < 1.29 is 1.43 Å². The van der Waals surface area contributed by atoms with Crippen LogP contribution in [0.15, 0.2) is 30.3 Å². The molecule has 0 atom stereocenters. The van der Waals surface area contributed by atoms with Gasteiger partial charge < -0.3 is 10.6 Å². The largest absolute Gasteiger partial charge is 1.00 e. The van der Waals surface area contributed by atoms with Crippen LogP contribution in [0.5, 0.6) is 0 Å². The highest BCUT2D eigenvalue weighted by Crippen LogP contribution is 2.23. The van der Waals surface area contributed by atoms with Gasteiger partial charge in [-0.05, 0) is 42.8 Å². The summed E-state index contributed by atoms with van der Waals surface area (Å²) in [6, 6.07) is 9.96. The molecule has 0 radical (unpaired) electrons. The Balaban J connectivity index is 0.00000147. The van der Waals surface area contributed by atoms with E-state index in [1.165, 1.54) is 0 Å². The fraction of sp³-hybridized carbons (Fsp3) is 0.200. The molecule has 1 heterocycles. The van der Waals surface area contributed by atoms with Crippen molar-refractivity contribution in [2.24, 2.45) is 0 Å². The predicted molar refractivity (Wildman–Crippen MR) is 81.6 cm³/mol. The average Bonchev–Trinajstić information content (AvgIpc) is 2.37. The molecule has 0 aliphatic carbocycles. The highest BCUT2D eigenvalue weighted by molar-refractivity contribution is 5.89. The van der Waals surface area contributed by atoms with Gasteiger partial charge in [0.2, 0.25) is 0 Å². The number of benzene rings is 2. The van der Waals surface area contributed by atoms with Crippen LogP contribution in [0.4, 0.5) is 11.4 Å². The number of nitrogens with two attached hydrogens (primary N) is 1. The summed E-state index contributed by atoms with van der Waals surface area (Å²) in [6.07, 6.45) is 0. The number of rotatable bonds is 1. The van der Waals surface area contributed by atoms with Crippen molar-refractivity contribution in [1.29, 1.82) is 0 Å². The maximum absolute atomic E-state index is 5.93. The van der Waals surface area contributed by atoms with Crippen LogP contribution in [-0.2, 0) is 0 Å². The molecule has 2 N–H and O–H groups in total. The Morgan fingerprint density at radius 2 is 1.58 bits per heavy atom. The van der Waals surface area contributed by atoms with Crippen LogP contribution in [0.2, 0.25) is 0 Å². The van der Waals surface area contributed by atoms with Crippen molar-refractivity contribution in [1.82, 2.24) is 9.97 Å². The van der Waals surface area contributed by atoms with Gasteiger partial charge in [0.25, 0.3) is 0 Å². The van der Waals surface area contributed by atoms with Crippen LogP contribution >= 0.6 is 0 Å². The van der Waals surface area contributed by atoms with Crippen molar-refractivity contribution in [3.63, 3.8) is 0 Å². The molecule has 0 bridgehead atoms. The van der Waals surface area contributed by atoms with Crippen molar-refractivity contribution in [3.05, 3.63) is 35.9 Å². The second-order valence-corrected chi connectivity index (χ2v) is 4.99. The fourth-order valence-electron chi connectivity index (χ4n) is 2.11. The minimum atomic E-state index is 0. The average molecular weight is 253 g/mol. The molecule has 0 spiro atoms. The number of aromatic nitrogens is 2. The van der Waals surface area contributed by atoms with E-state index in [0.29, 0.717) is 0 Å². The molecule has 0 amide bonds. The van der Waals surface area contributed by atoms with Gasteiger partial charge in [0.15, 0.2) is 0 Å². The van der Waals surface area contributed by atoms with Crippen LogP contribution < -0.4 is 10.6 Å². The first-order valence-electron chi connectivity index (χ1n) is 6.19. The van der Waals surface area contributed by atoms with Crippen LogP contribution in [0.1, 0.15) is 6.99 Å². The van der Waals surface area contributed by atoms with E-state index in [0.717, 1.165) is 39.0 Å². The van der Waals surface area contributed by atoms with E-state index in [1.807, 2.05) is 51.4 Å². The quantitative estimate of drug-likeness (QED) is 0.535. The molecular formula is C15H17N4+. The number of hydrogen-bond acceptors (Lipinski definition) is 4. The minimum Gasteiger partial charge on any atom is -0.398 e. The second kappa shape index (κ2) is 4.09. The molecular weight excluding hydrogens is 236 g/mol. The highest BCUT2D eigenvalue weighted by atomic mass is 15.1. The second-order valence-electron chi connectivity index (χ2n) is 4.99. The molecule has 4 heteroatoms. The Morgan fingerprint density at radius 3 is 2.32 bits per heavy atom. The summed E-state index contributed by atoms with van der Waals surface area (Å²) in [5.74, 6) is 0. The summed E-state index contributed by atoms with van der Waals surface area (Å²) >= 11 is 0. The minimum absolute atomic E-state index is 0. The summed E-state index contributed by atoms with van der Waals surface area (Å²) in [6.45, 7) is 1.98. The van der Waals surface area contributed by atoms with E-state index in [2.05, 4.69) is 14.9 Å². The summed E-state index contributed by atoms with van der Waals surface area (Å²) in [5, 5.41) is 0. The summed E-state index contributed by atoms with van der Waals surface area (Å²) in [4.78, 5) is 11.3. The van der Waals surface area contributed by atoms with Crippen LogP contribution in [0.3, 0.4) is 0 Å². The molecule has 0 fully saturated rings. The van der Waals surface area contributed by atoms with Gasteiger partial charge in [-0.25, -0.2) is 9.97 Å². The number of fused-ring (bicyclic) bond motifs is 2. The van der Waals surface area contributed by atoms with E-state index < -0.39 is 0 Å². The smallest absolute Gasteiger partial charge is 0.398 e. The number of nitrogens with zero attached hydrogens (tertiary/aromatic N) is 3. The Bertz CT molecular complexity index is 784. The third-order valence-corrected chi connectivity index (χ3v) is 3.32. The first-order chi connectivity index (χ1) is 9.04. The van der Waals surface area contributed by atoms with Crippen LogP contribution in [0.25, 0.3) is 22.1 Å². The molecule has 2 aromatic carbocycles. The lowest BCUT2D eigenvalue weighted by molar-refractivity contribution is 1.13. The van der Waals surface area contributed by atoms with Gasteiger partial charge in [-0.15, -0.1) is 0 Å². The van der Waals surface area contributed by atoms with Gasteiger partial charge in [-0.1, -0.05) is 0 Å². The van der Waals surface area contributed by atoms with Gasteiger partial charge in [-0.3, -0.25) is 0 Å². The topological polar surface area (TPSA) is 55.0 Å². The SMILES string of the molecule is Cc1cc2nc3ccc(N(C)C)cc3nc2cc1N.[H+]. The zero-order chi connectivity index (χ0) is 13.6. The standard InChI is InChI=1S/C15H16N4/c1-9-6-13-15(8-11(9)16)18-14-7-10(19(2)3)4-5-12(14)17-13/h4-8H,16H2,1-3H3/p+1. The van der Waals surface area contributed by atoms with Crippen LogP contribution in [-0.4, -0.2) is 24.1 Å². The molecule has 0 saturated heterocycles. The molecule has 1 aromatic heterocycles. The maximum Gasteiger partial charge on any atom is 1.00 e. The van der Waals surface area contributed by atoms with E-state index in [9.17, 15) is 0 Å². The molecule has 0 aliphatic rings. The first-order valence-corrected chi connectivity index (χ1v) is 6.19. The molecule has 96 valence electrons. The van der Waals surface area contributed by atoms with E-state index in [1.54, 1.807) is 0 Å². The zero-order valence-electron chi connectivity index (χ0n) is 12.3. The molecule has 19 heavy (non-hydrogen) atoms. The maximum atomic E-state index is 5.93. The molecule has 0 aliphatic heterocycles. The van der Waals surface area contributed by atoms with Crippen LogP contribution in [0, 0.1) is 6.92 Å². The first kappa shape index (κ1) is 11.7. The van der Waals surface area contributed by atoms with Crippen molar-refractivity contribution in [2.75, 3.05) is 24.7 Å². The Labute approximate surface area is 113 Å². The lowest BCUT2D eigenvalue weighted by atomic mass is 10.1. The number of hydrogen-bond donors (Lipinski definition) is 1. The lowest BCUT2D eigenvalue weighted by Gasteiger charge is -2.12. The molecule has 0 unspecified atom stereocenters. The summed E-state index contributed by atoms with van der Waals surface area (Å²) < 4.78 is 0. The Kier molecular flexibility index (Phi) is 2.52. The van der Waals surface area contributed by atoms with Crippen molar-refractivity contribution in [2.45, 2.75) is 6.92 Å². The monoisotopic (exact) mass is 253 g/mol. The summed E-state index contributed by atoms with van der Waals surface area (Å²) in [5.41, 5.74) is 12.4. The number of nitrogen functional groups attached to an aromatic ring is 1. The fourth-order valence-corrected chi connectivity index (χ4v) is 2.11. The van der Waals surface area contributed by atoms with Gasteiger partial charge in [0, 0.05) is 25.5 Å². The molecule has 3 rings (SSSR count). The van der Waals surface area contributed by atoms with Gasteiger partial charge in [-0.2, -0.15) is 0 Å². The normalized spacial score (nSPS) is 11.1. The third kappa shape index (κ3) is 1.95. The van der Waals surface area contributed by atoms with E-state index in [-0.39, 0.29) is 1.43 Å². The summed E-state index contributed by atoms with van der Waals surface area (Å²) in [7, 11) is 4.02. The zero-order valence-corrected chi connectivity index (χ0v) is 11.3. The molecule has 3 aromatic rings. The molecule has 4 nitrogen and oxygen atoms in total. The van der Waals surface area contributed by atoms with Gasteiger partial charge in [0.1, 0.15) is 0 Å². The highest BCUT2D eigenvalue weighted by Gasteiger charge is 2.05. The third-order valence-electron chi connectivity index (χ3n) is 3.32. The number of aryl methyl sites for hydroxylation is 1.